The normalized spacial score (nSPS) is 12.6. The SMILES string of the molecule is CCCNC(Cc1ccc(CC)s1)c1c(C)cccc1C. The van der Waals surface area contributed by atoms with Gasteiger partial charge in [0.05, 0.1) is 0 Å². The zero-order chi connectivity index (χ0) is 15.2. The van der Waals surface area contributed by atoms with E-state index in [0.29, 0.717) is 6.04 Å². The lowest BCUT2D eigenvalue weighted by atomic mass is 9.93. The summed E-state index contributed by atoms with van der Waals surface area (Å²) < 4.78 is 0. The number of rotatable bonds is 7. The van der Waals surface area contributed by atoms with Crippen LogP contribution in [0.3, 0.4) is 0 Å². The molecule has 1 atom stereocenters. The standard InChI is InChI=1S/C19H27NS/c1-5-12-20-18(13-17-11-10-16(6-2)21-17)19-14(3)8-7-9-15(19)4/h7-11,18,20H,5-6,12-13H2,1-4H3. The molecule has 1 nitrogen and oxygen atoms in total. The van der Waals surface area contributed by atoms with Crippen molar-refractivity contribution in [2.24, 2.45) is 0 Å². The fourth-order valence-corrected chi connectivity index (χ4v) is 3.90. The van der Waals surface area contributed by atoms with Gasteiger partial charge in [0.15, 0.2) is 0 Å². The molecule has 21 heavy (non-hydrogen) atoms. The van der Waals surface area contributed by atoms with Gasteiger partial charge in [-0.1, -0.05) is 32.0 Å². The fraction of sp³-hybridized carbons (Fsp3) is 0.474. The number of benzene rings is 1. The van der Waals surface area contributed by atoms with Crippen molar-refractivity contribution in [1.29, 1.82) is 0 Å². The molecule has 0 amide bonds. The molecule has 0 bridgehead atoms. The van der Waals surface area contributed by atoms with Crippen LogP contribution in [0.2, 0.25) is 0 Å². The molecule has 2 rings (SSSR count). The summed E-state index contributed by atoms with van der Waals surface area (Å²) in [7, 11) is 0. The lowest BCUT2D eigenvalue weighted by Gasteiger charge is -2.22. The van der Waals surface area contributed by atoms with Crippen molar-refractivity contribution in [2.75, 3.05) is 6.54 Å². The fourth-order valence-electron chi connectivity index (χ4n) is 2.90. The lowest BCUT2D eigenvalue weighted by Crippen LogP contribution is -2.25. The molecule has 0 aliphatic carbocycles. The first-order valence-electron chi connectivity index (χ1n) is 8.02. The Kier molecular flexibility index (Phi) is 6.01. The zero-order valence-electron chi connectivity index (χ0n) is 13.7. The van der Waals surface area contributed by atoms with E-state index < -0.39 is 0 Å². The van der Waals surface area contributed by atoms with E-state index in [1.165, 1.54) is 32.9 Å². The van der Waals surface area contributed by atoms with Crippen molar-refractivity contribution < 1.29 is 0 Å². The van der Waals surface area contributed by atoms with E-state index in [2.05, 4.69) is 63.3 Å². The van der Waals surface area contributed by atoms with Crippen LogP contribution in [0.4, 0.5) is 0 Å². The zero-order valence-corrected chi connectivity index (χ0v) is 14.5. The summed E-state index contributed by atoms with van der Waals surface area (Å²) >= 11 is 1.96. The summed E-state index contributed by atoms with van der Waals surface area (Å²) in [6.07, 6.45) is 3.41. The summed E-state index contributed by atoms with van der Waals surface area (Å²) in [5.74, 6) is 0. The van der Waals surface area contributed by atoms with Crippen molar-refractivity contribution in [3.8, 4) is 0 Å². The maximum atomic E-state index is 3.75. The first kappa shape index (κ1) is 16.3. The molecule has 0 radical (unpaired) electrons. The van der Waals surface area contributed by atoms with Crippen molar-refractivity contribution in [3.63, 3.8) is 0 Å². The largest absolute Gasteiger partial charge is 0.310 e. The Morgan fingerprint density at radius 3 is 2.24 bits per heavy atom. The molecule has 114 valence electrons. The highest BCUT2D eigenvalue weighted by Crippen LogP contribution is 2.28. The Hall–Kier alpha value is -1.12. The van der Waals surface area contributed by atoms with E-state index in [-0.39, 0.29) is 0 Å². The predicted octanol–water partition coefficient (Wildman–Crippen LogP) is 5.21. The first-order chi connectivity index (χ1) is 10.2. The van der Waals surface area contributed by atoms with Crippen LogP contribution in [-0.2, 0) is 12.8 Å². The highest BCUT2D eigenvalue weighted by molar-refractivity contribution is 7.11. The highest BCUT2D eigenvalue weighted by Gasteiger charge is 2.16. The van der Waals surface area contributed by atoms with Gasteiger partial charge in [0, 0.05) is 22.2 Å². The van der Waals surface area contributed by atoms with Crippen LogP contribution in [-0.4, -0.2) is 6.54 Å². The molecule has 1 aromatic carbocycles. The average Bonchev–Trinajstić information content (AvgIpc) is 2.92. The second kappa shape index (κ2) is 7.77. The van der Waals surface area contributed by atoms with Crippen LogP contribution in [0.5, 0.6) is 0 Å². The third kappa shape index (κ3) is 4.18. The number of hydrogen-bond donors (Lipinski definition) is 1. The van der Waals surface area contributed by atoms with Crippen molar-refractivity contribution in [3.05, 3.63) is 56.8 Å². The molecule has 0 saturated carbocycles. The second-order valence-corrected chi connectivity index (χ2v) is 6.99. The number of thiophene rings is 1. The minimum Gasteiger partial charge on any atom is -0.310 e. The van der Waals surface area contributed by atoms with Gasteiger partial charge in [0.25, 0.3) is 0 Å². The third-order valence-electron chi connectivity index (χ3n) is 4.00. The maximum Gasteiger partial charge on any atom is 0.0374 e. The summed E-state index contributed by atoms with van der Waals surface area (Å²) in [6.45, 7) is 10.00. The Morgan fingerprint density at radius 2 is 1.67 bits per heavy atom. The van der Waals surface area contributed by atoms with Gasteiger partial charge in [-0.05, 0) is 62.1 Å². The van der Waals surface area contributed by atoms with E-state index in [1.807, 2.05) is 11.3 Å². The van der Waals surface area contributed by atoms with Crippen LogP contribution in [0.1, 0.15) is 52.8 Å². The monoisotopic (exact) mass is 301 g/mol. The molecule has 2 aromatic rings. The molecule has 1 heterocycles. The molecule has 0 spiro atoms. The van der Waals surface area contributed by atoms with E-state index in [1.54, 1.807) is 0 Å². The van der Waals surface area contributed by atoms with Crippen LogP contribution in [0, 0.1) is 13.8 Å². The molecule has 0 aliphatic rings. The van der Waals surface area contributed by atoms with E-state index in [9.17, 15) is 0 Å². The molecule has 0 fully saturated rings. The lowest BCUT2D eigenvalue weighted by molar-refractivity contribution is 0.528. The first-order valence-corrected chi connectivity index (χ1v) is 8.84. The summed E-state index contributed by atoms with van der Waals surface area (Å²) in [5.41, 5.74) is 4.28. The van der Waals surface area contributed by atoms with Crippen LogP contribution in [0.25, 0.3) is 0 Å². The van der Waals surface area contributed by atoms with Crippen molar-refractivity contribution >= 4 is 11.3 Å². The van der Waals surface area contributed by atoms with Gasteiger partial charge in [0.2, 0.25) is 0 Å². The van der Waals surface area contributed by atoms with Gasteiger partial charge >= 0.3 is 0 Å². The molecular weight excluding hydrogens is 274 g/mol. The Morgan fingerprint density at radius 1 is 1.00 bits per heavy atom. The Balaban J connectivity index is 2.25. The minimum absolute atomic E-state index is 0.425. The van der Waals surface area contributed by atoms with E-state index >= 15 is 0 Å². The summed E-state index contributed by atoms with van der Waals surface area (Å²) in [4.78, 5) is 2.98. The Labute approximate surface area is 133 Å². The second-order valence-electron chi connectivity index (χ2n) is 5.74. The number of hydrogen-bond acceptors (Lipinski definition) is 2. The molecule has 1 aromatic heterocycles. The summed E-state index contributed by atoms with van der Waals surface area (Å²) in [5, 5.41) is 3.75. The highest BCUT2D eigenvalue weighted by atomic mass is 32.1. The molecular formula is C19H27NS. The van der Waals surface area contributed by atoms with Crippen LogP contribution >= 0.6 is 11.3 Å². The molecule has 1 N–H and O–H groups in total. The van der Waals surface area contributed by atoms with Crippen molar-refractivity contribution in [1.82, 2.24) is 5.32 Å². The topological polar surface area (TPSA) is 12.0 Å². The predicted molar refractivity (Wildman–Crippen MR) is 94.4 cm³/mol. The molecule has 2 heteroatoms. The van der Waals surface area contributed by atoms with Crippen LogP contribution < -0.4 is 5.32 Å². The molecule has 0 saturated heterocycles. The Bertz CT molecular complexity index is 550. The molecule has 0 aliphatic heterocycles. The minimum atomic E-state index is 0.425. The quantitative estimate of drug-likeness (QED) is 0.740. The van der Waals surface area contributed by atoms with Gasteiger partial charge < -0.3 is 5.32 Å². The number of aryl methyl sites for hydroxylation is 3. The van der Waals surface area contributed by atoms with Gasteiger partial charge in [-0.3, -0.25) is 0 Å². The van der Waals surface area contributed by atoms with E-state index in [0.717, 1.165) is 19.4 Å². The van der Waals surface area contributed by atoms with Crippen molar-refractivity contribution in [2.45, 2.75) is 53.0 Å². The molecule has 1 unspecified atom stereocenters. The van der Waals surface area contributed by atoms with Gasteiger partial charge in [-0.2, -0.15) is 0 Å². The van der Waals surface area contributed by atoms with Crippen LogP contribution in [0.15, 0.2) is 30.3 Å². The summed E-state index contributed by atoms with van der Waals surface area (Å²) in [6, 6.07) is 11.6. The maximum absolute atomic E-state index is 3.75. The van der Waals surface area contributed by atoms with Gasteiger partial charge in [-0.15, -0.1) is 11.3 Å². The van der Waals surface area contributed by atoms with E-state index in [4.69, 9.17) is 0 Å². The van der Waals surface area contributed by atoms with Gasteiger partial charge in [0.1, 0.15) is 0 Å². The average molecular weight is 301 g/mol. The third-order valence-corrected chi connectivity index (χ3v) is 5.25. The van der Waals surface area contributed by atoms with Gasteiger partial charge in [-0.25, -0.2) is 0 Å². The smallest absolute Gasteiger partial charge is 0.0374 e. The number of nitrogens with one attached hydrogen (secondary N) is 1.